The molecular weight excluding hydrogens is 908 g/mol. The standard InChI is InChI=1S/C66H41BN4OS/c1-5-20-42(21-6-1)68(53-32-19-33-54-61(53)47-28-13-16-31-52(47)69(54)43-22-7-2-8-23-43)46-40-55-64-56(41-46)71(45-26-11-4-12-27-45)66-51(37-39-60-63(66)49-30-15-18-35-59(49)73-60)67(64)50-36-38-58-62(48-29-14-17-34-57(48)72-58)65(50)70(55)44-24-9-3-10-25-44/h1-41H. The van der Waals surface area contributed by atoms with Gasteiger partial charge in [0.05, 0.1) is 39.2 Å². The molecule has 0 bridgehead atoms. The maximum atomic E-state index is 6.78. The molecule has 7 heteroatoms. The normalized spacial score (nSPS) is 12.8. The van der Waals surface area contributed by atoms with Gasteiger partial charge in [-0.05, 0) is 120 Å². The summed E-state index contributed by atoms with van der Waals surface area (Å²) in [5.74, 6) is 0. The minimum Gasteiger partial charge on any atom is -0.456 e. The number of para-hydroxylation sites is 6. The van der Waals surface area contributed by atoms with Crippen molar-refractivity contribution in [1.82, 2.24) is 4.57 Å². The fourth-order valence-electron chi connectivity index (χ4n) is 12.4. The zero-order chi connectivity index (χ0) is 47.7. The van der Waals surface area contributed by atoms with E-state index in [1.54, 1.807) is 0 Å². The van der Waals surface area contributed by atoms with Gasteiger partial charge in [-0.3, -0.25) is 0 Å². The van der Waals surface area contributed by atoms with Crippen LogP contribution < -0.4 is 31.1 Å². The highest BCUT2D eigenvalue weighted by Crippen LogP contribution is 2.53. The molecule has 0 radical (unpaired) electrons. The predicted molar refractivity (Wildman–Crippen MR) is 310 cm³/mol. The Labute approximate surface area is 425 Å². The van der Waals surface area contributed by atoms with Crippen molar-refractivity contribution in [2.45, 2.75) is 0 Å². The molecule has 0 N–H and O–H groups in total. The van der Waals surface area contributed by atoms with Crippen LogP contribution in [0.25, 0.3) is 69.6 Å². The minimum absolute atomic E-state index is 0.123. The Morgan fingerprint density at radius 1 is 0.384 bits per heavy atom. The molecule has 2 aliphatic rings. The number of anilines is 9. The van der Waals surface area contributed by atoms with E-state index in [4.69, 9.17) is 4.42 Å². The first-order valence-electron chi connectivity index (χ1n) is 25.0. The van der Waals surface area contributed by atoms with Crippen molar-refractivity contribution < 1.29 is 4.42 Å². The van der Waals surface area contributed by atoms with Crippen LogP contribution in [0.3, 0.4) is 0 Å². The number of furan rings is 1. The maximum Gasteiger partial charge on any atom is 0.252 e. The Balaban J connectivity index is 1.09. The zero-order valence-corrected chi connectivity index (χ0v) is 40.2. The summed E-state index contributed by atoms with van der Waals surface area (Å²) >= 11 is 1.87. The second kappa shape index (κ2) is 15.6. The first-order chi connectivity index (χ1) is 36.3. The van der Waals surface area contributed by atoms with Crippen molar-refractivity contribution in [2.24, 2.45) is 0 Å². The van der Waals surface area contributed by atoms with Crippen LogP contribution in [0.5, 0.6) is 0 Å². The molecule has 73 heavy (non-hydrogen) atoms. The van der Waals surface area contributed by atoms with Crippen LogP contribution in [0.4, 0.5) is 51.2 Å². The van der Waals surface area contributed by atoms with Gasteiger partial charge in [0.25, 0.3) is 6.71 Å². The van der Waals surface area contributed by atoms with E-state index in [0.29, 0.717) is 0 Å². The third-order valence-electron chi connectivity index (χ3n) is 15.3. The van der Waals surface area contributed by atoms with Crippen LogP contribution in [0.15, 0.2) is 253 Å². The smallest absolute Gasteiger partial charge is 0.252 e. The first kappa shape index (κ1) is 40.4. The number of thiophene rings is 1. The molecule has 0 atom stereocenters. The van der Waals surface area contributed by atoms with Crippen molar-refractivity contribution in [3.8, 4) is 5.69 Å². The van der Waals surface area contributed by atoms with Crippen molar-refractivity contribution >= 4 is 150 Å². The summed E-state index contributed by atoms with van der Waals surface area (Å²) in [5.41, 5.74) is 19.0. The lowest BCUT2D eigenvalue weighted by Crippen LogP contribution is -2.61. The number of rotatable bonds is 6. The monoisotopic (exact) mass is 948 g/mol. The van der Waals surface area contributed by atoms with Crippen LogP contribution in [-0.4, -0.2) is 11.3 Å². The molecule has 2 aliphatic heterocycles. The van der Waals surface area contributed by atoms with Gasteiger partial charge < -0.3 is 23.7 Å². The highest BCUT2D eigenvalue weighted by molar-refractivity contribution is 7.26. The van der Waals surface area contributed by atoms with Crippen LogP contribution in [0, 0.1) is 0 Å². The quantitative estimate of drug-likeness (QED) is 0.155. The van der Waals surface area contributed by atoms with Crippen molar-refractivity contribution in [3.63, 3.8) is 0 Å². The predicted octanol–water partition coefficient (Wildman–Crippen LogP) is 16.6. The van der Waals surface area contributed by atoms with Gasteiger partial charge in [-0.25, -0.2) is 0 Å². The lowest BCUT2D eigenvalue weighted by Gasteiger charge is -2.45. The molecule has 0 saturated carbocycles. The van der Waals surface area contributed by atoms with Gasteiger partial charge in [-0.1, -0.05) is 146 Å². The van der Waals surface area contributed by atoms with E-state index in [9.17, 15) is 0 Å². The number of benzene rings is 11. The lowest BCUT2D eigenvalue weighted by molar-refractivity contribution is 0.669. The summed E-state index contributed by atoms with van der Waals surface area (Å²) in [7, 11) is 0. The highest BCUT2D eigenvalue weighted by Gasteiger charge is 2.46. The van der Waals surface area contributed by atoms with Gasteiger partial charge in [-0.15, -0.1) is 11.3 Å². The van der Waals surface area contributed by atoms with Gasteiger partial charge in [0.15, 0.2) is 0 Å². The fourth-order valence-corrected chi connectivity index (χ4v) is 13.5. The summed E-state index contributed by atoms with van der Waals surface area (Å²) in [4.78, 5) is 7.62. The summed E-state index contributed by atoms with van der Waals surface area (Å²) in [5, 5.41) is 7.14. The van der Waals surface area contributed by atoms with Crippen LogP contribution in [0.1, 0.15) is 0 Å². The zero-order valence-electron chi connectivity index (χ0n) is 39.4. The fraction of sp³-hybridized carbons (Fsp3) is 0. The molecule has 16 rings (SSSR count). The molecule has 0 spiro atoms. The first-order valence-corrected chi connectivity index (χ1v) is 25.8. The molecule has 0 saturated heterocycles. The van der Waals surface area contributed by atoms with Crippen LogP contribution >= 0.6 is 11.3 Å². The Kier molecular flexibility index (Phi) is 8.64. The molecule has 3 aromatic heterocycles. The van der Waals surface area contributed by atoms with E-state index in [1.807, 2.05) is 11.3 Å². The third kappa shape index (κ3) is 5.79. The van der Waals surface area contributed by atoms with Gasteiger partial charge in [0.2, 0.25) is 0 Å². The number of nitrogens with zero attached hydrogens (tertiary/aromatic N) is 4. The van der Waals surface area contributed by atoms with Gasteiger partial charge in [0, 0.05) is 70.5 Å². The van der Waals surface area contributed by atoms with Gasteiger partial charge in [0.1, 0.15) is 11.2 Å². The molecule has 5 heterocycles. The van der Waals surface area contributed by atoms with E-state index in [2.05, 4.69) is 268 Å². The van der Waals surface area contributed by atoms with Gasteiger partial charge >= 0.3 is 0 Å². The van der Waals surface area contributed by atoms with E-state index >= 15 is 0 Å². The van der Waals surface area contributed by atoms with Crippen LogP contribution in [0.2, 0.25) is 0 Å². The van der Waals surface area contributed by atoms with Crippen LogP contribution in [-0.2, 0) is 0 Å². The largest absolute Gasteiger partial charge is 0.456 e. The van der Waals surface area contributed by atoms with E-state index < -0.39 is 0 Å². The SMILES string of the molecule is c1ccc(N2c3cc(N(c4ccccc4)c4cccc5c4c4ccccc4n5-c4ccccc4)cc4c3B(c3ccc5oc6ccccc6c5c32)c2ccc3sc5ccccc5c3c2N4c2ccccc2)cc1. The van der Waals surface area contributed by atoms with Crippen molar-refractivity contribution in [1.29, 1.82) is 0 Å². The number of aromatic nitrogens is 1. The van der Waals surface area contributed by atoms with Crippen molar-refractivity contribution in [3.05, 3.63) is 249 Å². The number of hydrogen-bond acceptors (Lipinski definition) is 5. The van der Waals surface area contributed by atoms with Crippen molar-refractivity contribution in [2.75, 3.05) is 14.7 Å². The molecule has 340 valence electrons. The molecule has 14 aromatic rings. The van der Waals surface area contributed by atoms with E-state index in [0.717, 1.165) is 84.2 Å². The second-order valence-corrected chi connectivity index (χ2v) is 20.2. The minimum atomic E-state index is -0.123. The third-order valence-corrected chi connectivity index (χ3v) is 16.4. The maximum absolute atomic E-state index is 6.78. The number of hydrogen-bond donors (Lipinski definition) is 0. The summed E-state index contributed by atoms with van der Waals surface area (Å²) in [6, 6.07) is 91.1. The van der Waals surface area contributed by atoms with E-state index in [-0.39, 0.29) is 6.71 Å². The molecule has 5 nitrogen and oxygen atoms in total. The molecular formula is C66H41BN4OS. The summed E-state index contributed by atoms with van der Waals surface area (Å²) < 4.78 is 11.7. The topological polar surface area (TPSA) is 27.8 Å². The Morgan fingerprint density at radius 3 is 1.66 bits per heavy atom. The highest BCUT2D eigenvalue weighted by atomic mass is 32.1. The Bertz CT molecular complexity index is 4340. The van der Waals surface area contributed by atoms with Gasteiger partial charge in [-0.2, -0.15) is 0 Å². The summed E-state index contributed by atoms with van der Waals surface area (Å²) in [6.45, 7) is -0.123. The van der Waals surface area contributed by atoms with E-state index in [1.165, 1.54) is 53.0 Å². The molecule has 0 unspecified atom stereocenters. The lowest BCUT2D eigenvalue weighted by atomic mass is 9.33. The average Bonchev–Trinajstić information content (AvgIpc) is 4.14. The molecule has 11 aromatic carbocycles. The molecule has 0 fully saturated rings. The molecule has 0 aliphatic carbocycles. The number of fused-ring (bicyclic) bond motifs is 15. The second-order valence-electron chi connectivity index (χ2n) is 19.2. The summed E-state index contributed by atoms with van der Waals surface area (Å²) in [6.07, 6.45) is 0. The average molecular weight is 949 g/mol. The Morgan fingerprint density at radius 2 is 0.945 bits per heavy atom. The Hall–Kier alpha value is -9.30. The molecule has 0 amide bonds.